The van der Waals surface area contributed by atoms with Crippen LogP contribution in [0.5, 0.6) is 0 Å². The number of nitrogens with two attached hydrogens (primary N) is 1. The van der Waals surface area contributed by atoms with Gasteiger partial charge in [-0.1, -0.05) is 67.6 Å². The lowest BCUT2D eigenvalue weighted by Crippen LogP contribution is -2.49. The van der Waals surface area contributed by atoms with E-state index in [0.717, 1.165) is 34.2 Å². The van der Waals surface area contributed by atoms with Gasteiger partial charge in [0.15, 0.2) is 5.13 Å². The van der Waals surface area contributed by atoms with Gasteiger partial charge in [0, 0.05) is 24.7 Å². The van der Waals surface area contributed by atoms with Crippen molar-refractivity contribution in [3.63, 3.8) is 0 Å². The second-order valence-corrected chi connectivity index (χ2v) is 14.2. The summed E-state index contributed by atoms with van der Waals surface area (Å²) in [6.45, 7) is 7.65. The molecule has 4 rings (SSSR count). The third kappa shape index (κ3) is 12.6. The fourth-order valence-corrected chi connectivity index (χ4v) is 7.35. The lowest BCUT2D eigenvalue weighted by Gasteiger charge is -2.29. The van der Waals surface area contributed by atoms with E-state index in [-0.39, 0.29) is 25.0 Å². The zero-order valence-electron chi connectivity index (χ0n) is 29.3. The van der Waals surface area contributed by atoms with Gasteiger partial charge >= 0.3 is 12.2 Å². The predicted molar refractivity (Wildman–Crippen MR) is 200 cm³/mol. The van der Waals surface area contributed by atoms with Crippen LogP contribution in [0.25, 0.3) is 0 Å². The van der Waals surface area contributed by atoms with E-state index in [1.165, 1.54) is 22.7 Å². The number of aromatic nitrogens is 2. The van der Waals surface area contributed by atoms with Gasteiger partial charge < -0.3 is 35.8 Å². The van der Waals surface area contributed by atoms with Crippen LogP contribution >= 0.6 is 22.7 Å². The van der Waals surface area contributed by atoms with Crippen LogP contribution in [-0.4, -0.2) is 64.4 Å². The van der Waals surface area contributed by atoms with Crippen LogP contribution in [0.3, 0.4) is 0 Å². The standard InChI is InChI=1S/C37H48N6O6S2/c1-4-43(5-2)35-40-29(23-50-35)21-48-37(47)42-33(34(38)45)25(3)18-28(27-14-10-7-11-15-27)16-17-32(44)31(19-26-12-8-6-9-13-26)41-36(46)49-22-30-20-39-24-51-30/h6-15,20,23-25,28,31-33,44H,4-5,16-19,21-22H2,1-3H3,(H2,38,45)(H,41,46)(H,42,47)/t25-,28-,31?,32?,33-/m0/s1. The molecular weight excluding hydrogens is 689 g/mol. The Morgan fingerprint density at radius 2 is 1.59 bits per heavy atom. The van der Waals surface area contributed by atoms with Crippen molar-refractivity contribution in [1.29, 1.82) is 0 Å². The number of primary amides is 1. The van der Waals surface area contributed by atoms with E-state index in [2.05, 4.69) is 39.3 Å². The number of thiazole rings is 2. The Balaban J connectivity index is 1.39. The van der Waals surface area contributed by atoms with Crippen molar-refractivity contribution in [2.45, 2.75) is 83.8 Å². The van der Waals surface area contributed by atoms with Gasteiger partial charge in [0.2, 0.25) is 5.91 Å². The molecule has 274 valence electrons. The summed E-state index contributed by atoms with van der Waals surface area (Å²) in [6, 6.07) is 17.8. The Bertz CT molecular complexity index is 1620. The maximum Gasteiger partial charge on any atom is 0.408 e. The first-order valence-electron chi connectivity index (χ1n) is 17.2. The average molecular weight is 737 g/mol. The van der Waals surface area contributed by atoms with Crippen molar-refractivity contribution in [2.24, 2.45) is 11.7 Å². The van der Waals surface area contributed by atoms with Crippen LogP contribution in [0.4, 0.5) is 14.7 Å². The molecule has 0 radical (unpaired) electrons. The summed E-state index contributed by atoms with van der Waals surface area (Å²) in [4.78, 5) is 49.7. The molecule has 2 aromatic carbocycles. The molecule has 51 heavy (non-hydrogen) atoms. The molecule has 2 heterocycles. The van der Waals surface area contributed by atoms with Gasteiger partial charge in [-0.3, -0.25) is 9.78 Å². The summed E-state index contributed by atoms with van der Waals surface area (Å²) < 4.78 is 10.8. The third-order valence-corrected chi connectivity index (χ3v) is 10.4. The van der Waals surface area contributed by atoms with Crippen molar-refractivity contribution in [2.75, 3.05) is 18.0 Å². The topological polar surface area (TPSA) is 169 Å². The number of carbonyl (C=O) groups excluding carboxylic acids is 3. The van der Waals surface area contributed by atoms with E-state index in [1.54, 1.807) is 11.7 Å². The lowest BCUT2D eigenvalue weighted by molar-refractivity contribution is -0.121. The fourth-order valence-electron chi connectivity index (χ4n) is 5.90. The molecule has 4 aromatic rings. The van der Waals surface area contributed by atoms with Gasteiger partial charge in [-0.05, 0) is 62.5 Å². The molecule has 0 aliphatic heterocycles. The highest BCUT2D eigenvalue weighted by molar-refractivity contribution is 7.13. The molecule has 5 N–H and O–H groups in total. The fraction of sp³-hybridized carbons (Fsp3) is 0.432. The maximum atomic E-state index is 12.8. The van der Waals surface area contributed by atoms with Crippen LogP contribution in [0.2, 0.25) is 0 Å². The highest BCUT2D eigenvalue weighted by Gasteiger charge is 2.30. The predicted octanol–water partition coefficient (Wildman–Crippen LogP) is 6.01. The number of hydrogen-bond acceptors (Lipinski definition) is 11. The van der Waals surface area contributed by atoms with Crippen molar-refractivity contribution < 1.29 is 29.0 Å². The van der Waals surface area contributed by atoms with Crippen molar-refractivity contribution in [3.05, 3.63) is 99.4 Å². The monoisotopic (exact) mass is 736 g/mol. The number of ether oxygens (including phenoxy) is 2. The number of benzene rings is 2. The van der Waals surface area contributed by atoms with Gasteiger partial charge in [-0.15, -0.1) is 22.7 Å². The minimum atomic E-state index is -0.990. The van der Waals surface area contributed by atoms with Gasteiger partial charge in [-0.2, -0.15) is 0 Å². The van der Waals surface area contributed by atoms with Crippen molar-refractivity contribution >= 4 is 45.9 Å². The molecule has 2 aromatic heterocycles. The Kier molecular flexibility index (Phi) is 15.7. The number of aliphatic hydroxyl groups excluding tert-OH is 1. The first-order valence-corrected chi connectivity index (χ1v) is 18.9. The molecule has 12 nitrogen and oxygen atoms in total. The van der Waals surface area contributed by atoms with E-state index >= 15 is 0 Å². The zero-order valence-corrected chi connectivity index (χ0v) is 30.9. The molecule has 0 saturated carbocycles. The largest absolute Gasteiger partial charge is 0.444 e. The summed E-state index contributed by atoms with van der Waals surface area (Å²) in [5, 5.41) is 19.7. The number of alkyl carbamates (subject to hydrolysis) is 2. The van der Waals surface area contributed by atoms with Crippen molar-refractivity contribution in [3.8, 4) is 0 Å². The van der Waals surface area contributed by atoms with E-state index in [9.17, 15) is 19.5 Å². The Labute approximate surface area is 307 Å². The summed E-state index contributed by atoms with van der Waals surface area (Å²) in [7, 11) is 0. The number of nitrogens with one attached hydrogen (secondary N) is 2. The zero-order chi connectivity index (χ0) is 36.6. The molecule has 0 bridgehead atoms. The number of aliphatic hydroxyl groups is 1. The molecule has 5 atom stereocenters. The second kappa shape index (κ2) is 20.4. The van der Waals surface area contributed by atoms with Gasteiger partial charge in [0.25, 0.3) is 0 Å². The maximum absolute atomic E-state index is 12.8. The molecule has 3 amide bonds. The van der Waals surface area contributed by atoms with Crippen LogP contribution in [0.1, 0.15) is 67.6 Å². The first-order chi connectivity index (χ1) is 24.7. The molecule has 0 saturated heterocycles. The number of carbonyl (C=O) groups is 3. The van der Waals surface area contributed by atoms with Crippen LogP contribution in [-0.2, 0) is 33.9 Å². The van der Waals surface area contributed by atoms with Crippen LogP contribution in [0, 0.1) is 5.92 Å². The number of anilines is 1. The highest BCUT2D eigenvalue weighted by Crippen LogP contribution is 2.31. The normalized spacial score (nSPS) is 14.0. The van der Waals surface area contributed by atoms with Crippen LogP contribution in [0.15, 0.2) is 77.8 Å². The number of amides is 3. The van der Waals surface area contributed by atoms with E-state index in [0.29, 0.717) is 31.4 Å². The summed E-state index contributed by atoms with van der Waals surface area (Å²) in [6.07, 6.45) is 1.12. The van der Waals surface area contributed by atoms with E-state index in [1.807, 2.05) is 73.0 Å². The number of nitrogens with zero attached hydrogens (tertiary/aromatic N) is 3. The molecule has 2 unspecified atom stereocenters. The summed E-state index contributed by atoms with van der Waals surface area (Å²) in [5.74, 6) is -1.14. The minimum absolute atomic E-state index is 0.0367. The Hall–Kier alpha value is -4.53. The molecule has 0 aliphatic carbocycles. The Morgan fingerprint density at radius 1 is 0.922 bits per heavy atom. The Morgan fingerprint density at radius 3 is 2.24 bits per heavy atom. The molecule has 0 spiro atoms. The number of hydrogen-bond donors (Lipinski definition) is 4. The summed E-state index contributed by atoms with van der Waals surface area (Å²) >= 11 is 2.87. The molecule has 0 fully saturated rings. The third-order valence-electron chi connectivity index (χ3n) is 8.71. The molecule has 0 aliphatic rings. The van der Waals surface area contributed by atoms with Crippen LogP contribution < -0.4 is 21.3 Å². The van der Waals surface area contributed by atoms with Crippen molar-refractivity contribution in [1.82, 2.24) is 20.6 Å². The van der Waals surface area contributed by atoms with E-state index in [4.69, 9.17) is 15.2 Å². The second-order valence-electron chi connectivity index (χ2n) is 12.3. The SMILES string of the molecule is CCN(CC)c1nc(COC(=O)N[C@H](C(N)=O)[C@@H](C)C[C@H](CCC(O)C(Cc2ccccc2)NC(=O)OCc2cncs2)c2ccccc2)cs1. The highest BCUT2D eigenvalue weighted by atomic mass is 32.1. The minimum Gasteiger partial charge on any atom is -0.444 e. The lowest BCUT2D eigenvalue weighted by atomic mass is 9.82. The average Bonchev–Trinajstić information content (AvgIpc) is 3.84. The van der Waals surface area contributed by atoms with Gasteiger partial charge in [0.1, 0.15) is 19.3 Å². The molecule has 14 heteroatoms. The van der Waals surface area contributed by atoms with Gasteiger partial charge in [-0.25, -0.2) is 14.6 Å². The first kappa shape index (κ1) is 39.3. The summed E-state index contributed by atoms with van der Waals surface area (Å²) in [5.41, 5.74) is 10.1. The quantitative estimate of drug-likeness (QED) is 0.0849. The van der Waals surface area contributed by atoms with Gasteiger partial charge in [0.05, 0.1) is 28.2 Å². The molecular formula is C37H48N6O6S2. The number of rotatable bonds is 20. The van der Waals surface area contributed by atoms with E-state index < -0.39 is 36.3 Å². The smallest absolute Gasteiger partial charge is 0.408 e.